The van der Waals surface area contributed by atoms with E-state index in [1.807, 2.05) is 60.7 Å². The van der Waals surface area contributed by atoms with Crippen molar-refractivity contribution in [3.63, 3.8) is 0 Å². The fourth-order valence-electron chi connectivity index (χ4n) is 6.76. The summed E-state index contributed by atoms with van der Waals surface area (Å²) >= 11 is 7.35. The summed E-state index contributed by atoms with van der Waals surface area (Å²) in [6.07, 6.45) is 0. The average molecular weight is 1040 g/mol. The van der Waals surface area contributed by atoms with Crippen LogP contribution in [0.2, 0.25) is 0 Å². The van der Waals surface area contributed by atoms with Gasteiger partial charge < -0.3 is 48.1 Å². The summed E-state index contributed by atoms with van der Waals surface area (Å²) in [5.74, 6) is 2.76. The fraction of sp³-hybridized carbons (Fsp3) is 0.367. The van der Waals surface area contributed by atoms with Gasteiger partial charge in [0.2, 0.25) is 0 Å². The molecule has 0 unspecified atom stereocenters. The second-order valence-corrected chi connectivity index (χ2v) is 19.4. The van der Waals surface area contributed by atoms with Crippen molar-refractivity contribution in [3.8, 4) is 54.9 Å². The number of carboxylic acid groups (broad SMARTS) is 1. The number of nitrogens with zero attached hydrogens (tertiary/aromatic N) is 4. The van der Waals surface area contributed by atoms with Gasteiger partial charge in [0.25, 0.3) is 0 Å². The minimum Gasteiger partial charge on any atom is -0.512 e. The Kier molecular flexibility index (Phi) is 21.8. The van der Waals surface area contributed by atoms with E-state index in [1.165, 1.54) is 23.5 Å². The number of fused-ring (bicyclic) bond motifs is 2. The first-order chi connectivity index (χ1) is 34.0. The number of carbonyl (C=O) groups is 1. The summed E-state index contributed by atoms with van der Waals surface area (Å²) in [6, 6.07) is 24.0. The van der Waals surface area contributed by atoms with Gasteiger partial charge in [-0.3, -0.25) is 4.79 Å². The van der Waals surface area contributed by atoms with E-state index in [0.29, 0.717) is 127 Å². The minimum absolute atomic E-state index is 0.0770. The summed E-state index contributed by atoms with van der Waals surface area (Å²) in [7, 11) is 0. The molecule has 7 aromatic rings. The summed E-state index contributed by atoms with van der Waals surface area (Å²) < 4.78 is 55.4. The molecule has 15 nitrogen and oxygen atoms in total. The Hall–Kier alpha value is -4.71. The molecule has 0 fully saturated rings. The monoisotopic (exact) mass is 1030 g/mol. The summed E-state index contributed by atoms with van der Waals surface area (Å²) in [5, 5.41) is 21.9. The SMILES string of the molecule is C=C(O)CSCCOCCOCCOCCOc1ccc(-c2nc3c(-c4cccs4)c4nsnc4c(-c4cccs4)c3nc2-c2ccc(OCCOCCOCCOCCSCC(=O)O)cc2)cc1. The Morgan fingerprint density at radius 1 is 0.507 bits per heavy atom. The third-order valence-electron chi connectivity index (χ3n) is 9.84. The number of thiophene rings is 2. The molecule has 366 valence electrons. The third kappa shape index (κ3) is 16.2. The lowest BCUT2D eigenvalue weighted by Crippen LogP contribution is -2.13. The quantitative estimate of drug-likeness (QED) is 0.0287. The van der Waals surface area contributed by atoms with Crippen molar-refractivity contribution in [2.24, 2.45) is 0 Å². The predicted molar refractivity (Wildman–Crippen MR) is 278 cm³/mol. The van der Waals surface area contributed by atoms with E-state index in [4.69, 9.17) is 66.8 Å². The van der Waals surface area contributed by atoms with Crippen LogP contribution < -0.4 is 9.47 Å². The number of hydrogen-bond acceptors (Lipinski definition) is 19. The zero-order chi connectivity index (χ0) is 47.9. The largest absolute Gasteiger partial charge is 0.512 e. The highest BCUT2D eigenvalue weighted by Crippen LogP contribution is 2.45. The lowest BCUT2D eigenvalue weighted by Gasteiger charge is -2.16. The number of aliphatic carboxylic acids is 1. The van der Waals surface area contributed by atoms with Crippen LogP contribution in [0.3, 0.4) is 0 Å². The van der Waals surface area contributed by atoms with Crippen LogP contribution in [0.15, 0.2) is 95.9 Å². The van der Waals surface area contributed by atoms with Gasteiger partial charge in [-0.2, -0.15) is 20.5 Å². The molecule has 0 amide bonds. The lowest BCUT2D eigenvalue weighted by atomic mass is 9.99. The zero-order valence-corrected chi connectivity index (χ0v) is 42.0. The normalized spacial score (nSPS) is 11.5. The van der Waals surface area contributed by atoms with Crippen LogP contribution in [-0.4, -0.2) is 150 Å². The first-order valence-electron chi connectivity index (χ1n) is 22.2. The molecule has 4 aromatic heterocycles. The van der Waals surface area contributed by atoms with Gasteiger partial charge >= 0.3 is 5.97 Å². The number of hydrogen-bond donors (Lipinski definition) is 2. The van der Waals surface area contributed by atoms with Gasteiger partial charge in [0.1, 0.15) is 46.8 Å². The van der Waals surface area contributed by atoms with E-state index >= 15 is 0 Å². The third-order valence-corrected chi connectivity index (χ3v) is 14.0. The second-order valence-electron chi connectivity index (χ2n) is 14.8. The van der Waals surface area contributed by atoms with Crippen LogP contribution in [0.5, 0.6) is 11.5 Å². The Morgan fingerprint density at radius 2 is 0.899 bits per heavy atom. The molecule has 7 rings (SSSR count). The Labute approximate surface area is 421 Å². The number of carboxylic acids is 1. The molecule has 4 heterocycles. The summed E-state index contributed by atoms with van der Waals surface area (Å²) in [6.45, 7) is 9.72. The van der Waals surface area contributed by atoms with Crippen molar-refractivity contribution in [2.45, 2.75) is 0 Å². The number of benzene rings is 3. The van der Waals surface area contributed by atoms with Gasteiger partial charge in [0.05, 0.1) is 120 Å². The number of thioether (sulfide) groups is 2. The van der Waals surface area contributed by atoms with Gasteiger partial charge in [-0.05, 0) is 71.4 Å². The summed E-state index contributed by atoms with van der Waals surface area (Å²) in [4.78, 5) is 23.7. The Bertz CT molecular complexity index is 2440. The number of ether oxygens (including phenoxy) is 8. The predicted octanol–water partition coefficient (Wildman–Crippen LogP) is 9.91. The van der Waals surface area contributed by atoms with E-state index in [-0.39, 0.29) is 11.5 Å². The van der Waals surface area contributed by atoms with Crippen molar-refractivity contribution >= 4 is 86.0 Å². The van der Waals surface area contributed by atoms with Crippen molar-refractivity contribution in [3.05, 3.63) is 95.9 Å². The van der Waals surface area contributed by atoms with E-state index in [9.17, 15) is 4.79 Å². The molecule has 0 spiro atoms. The molecule has 0 aliphatic heterocycles. The molecule has 0 atom stereocenters. The molecule has 0 radical (unpaired) electrons. The van der Waals surface area contributed by atoms with Gasteiger partial charge in [0, 0.05) is 43.5 Å². The molecular formula is C49H54N4O11S5. The number of aromatic nitrogens is 4. The molecule has 0 aliphatic rings. The van der Waals surface area contributed by atoms with Crippen LogP contribution in [-0.2, 0) is 33.2 Å². The van der Waals surface area contributed by atoms with Gasteiger partial charge in [-0.15, -0.1) is 34.4 Å². The molecule has 0 saturated carbocycles. The van der Waals surface area contributed by atoms with Crippen LogP contribution in [0.1, 0.15) is 0 Å². The molecule has 69 heavy (non-hydrogen) atoms. The van der Waals surface area contributed by atoms with Crippen molar-refractivity contribution in [1.29, 1.82) is 0 Å². The molecule has 2 N–H and O–H groups in total. The van der Waals surface area contributed by atoms with Crippen molar-refractivity contribution in [2.75, 3.05) is 116 Å². The Morgan fingerprint density at radius 3 is 1.28 bits per heavy atom. The van der Waals surface area contributed by atoms with E-state index < -0.39 is 5.97 Å². The molecule has 0 aliphatic carbocycles. The van der Waals surface area contributed by atoms with E-state index in [2.05, 4.69) is 29.5 Å². The highest BCUT2D eigenvalue weighted by atomic mass is 32.2. The maximum Gasteiger partial charge on any atom is 0.313 e. The van der Waals surface area contributed by atoms with Gasteiger partial charge in [-0.25, -0.2) is 9.97 Å². The van der Waals surface area contributed by atoms with Gasteiger partial charge in [0.15, 0.2) is 0 Å². The molecular weight excluding hydrogens is 981 g/mol. The average Bonchev–Trinajstić information content (AvgIpc) is 4.19. The Balaban J connectivity index is 0.992. The number of rotatable bonds is 34. The number of aliphatic hydroxyl groups is 1. The highest BCUT2D eigenvalue weighted by molar-refractivity contribution is 8.00. The van der Waals surface area contributed by atoms with Crippen LogP contribution in [0, 0.1) is 0 Å². The molecule has 3 aromatic carbocycles. The zero-order valence-electron chi connectivity index (χ0n) is 37.9. The lowest BCUT2D eigenvalue weighted by molar-refractivity contribution is -0.133. The summed E-state index contributed by atoms with van der Waals surface area (Å²) in [5.41, 5.74) is 8.06. The number of aliphatic hydroxyl groups excluding tert-OH is 1. The van der Waals surface area contributed by atoms with Gasteiger partial charge in [-0.1, -0.05) is 18.7 Å². The standard InChI is InChI=1S/C49H54N4O11S5/c1-34(54)32-65-30-26-61-20-18-57-14-16-59-22-24-63-37-10-6-35(7-11-37)44-45(36-8-12-38(13-9-36)64-25-23-60-17-15-58-19-21-62-27-31-66-33-41(55)56)51-47-43(40-5-3-29-68-40)49-48(52-69-53-49)42(46(47)50-44)39-4-2-28-67-39/h2-13,28-29,54H,1,14-27,30-33H2,(H,55,56). The minimum atomic E-state index is -0.824. The van der Waals surface area contributed by atoms with Crippen LogP contribution in [0.4, 0.5) is 0 Å². The fourth-order valence-corrected chi connectivity index (χ4v) is 10.0. The molecule has 0 saturated heterocycles. The highest BCUT2D eigenvalue weighted by Gasteiger charge is 2.26. The van der Waals surface area contributed by atoms with Crippen molar-refractivity contribution in [1.82, 2.24) is 18.7 Å². The first-order valence-corrected chi connectivity index (χ1v) is 27.0. The van der Waals surface area contributed by atoms with Crippen LogP contribution in [0.25, 0.3) is 65.5 Å². The second kappa shape index (κ2) is 28.8. The maximum atomic E-state index is 10.6. The topological polar surface area (TPSA) is 183 Å². The van der Waals surface area contributed by atoms with E-state index in [0.717, 1.165) is 59.8 Å². The molecule has 0 bridgehead atoms. The smallest absolute Gasteiger partial charge is 0.313 e. The first kappa shape index (κ1) is 52.1. The van der Waals surface area contributed by atoms with Crippen molar-refractivity contribution < 1.29 is 52.9 Å². The van der Waals surface area contributed by atoms with E-state index in [1.54, 1.807) is 34.4 Å². The maximum absolute atomic E-state index is 10.6. The van der Waals surface area contributed by atoms with Crippen LogP contribution >= 0.6 is 57.9 Å². The molecule has 20 heteroatoms.